The van der Waals surface area contributed by atoms with Gasteiger partial charge in [0.15, 0.2) is 0 Å². The normalized spacial score (nSPS) is 10.3. The number of nitrogens with one attached hydrogen (secondary N) is 1. The lowest BCUT2D eigenvalue weighted by Gasteiger charge is -2.13. The second-order valence-electron chi connectivity index (χ2n) is 4.98. The van der Waals surface area contributed by atoms with E-state index in [1.165, 1.54) is 5.56 Å². The molecule has 2 aromatic rings. The third-order valence-corrected chi connectivity index (χ3v) is 3.33. The second-order valence-corrected chi connectivity index (χ2v) is 4.98. The van der Waals surface area contributed by atoms with Gasteiger partial charge in [0.05, 0.1) is 0 Å². The molecule has 2 aromatic carbocycles. The van der Waals surface area contributed by atoms with E-state index in [-0.39, 0.29) is 6.42 Å². The highest BCUT2D eigenvalue weighted by Crippen LogP contribution is 2.24. The number of anilines is 2. The number of para-hydroxylation sites is 1. The topological polar surface area (TPSA) is 49.3 Å². The van der Waals surface area contributed by atoms with Gasteiger partial charge in [0.2, 0.25) is 0 Å². The van der Waals surface area contributed by atoms with Crippen molar-refractivity contribution in [1.82, 2.24) is 0 Å². The highest BCUT2D eigenvalue weighted by Gasteiger charge is 2.04. The summed E-state index contributed by atoms with van der Waals surface area (Å²) in [6.45, 7) is 4.10. The molecule has 0 amide bonds. The van der Waals surface area contributed by atoms with Gasteiger partial charge in [-0.3, -0.25) is 4.79 Å². The standard InChI is InChI=1S/C17H19NO2/c1-12-5-3-4-6-15(12)18-16-9-7-14(11-13(16)2)8-10-17(19)20/h3-7,9,11,18H,8,10H2,1-2H3,(H,19,20). The summed E-state index contributed by atoms with van der Waals surface area (Å²) < 4.78 is 0. The van der Waals surface area contributed by atoms with E-state index in [0.29, 0.717) is 6.42 Å². The maximum Gasteiger partial charge on any atom is 0.303 e. The van der Waals surface area contributed by atoms with Crippen LogP contribution in [0.15, 0.2) is 42.5 Å². The van der Waals surface area contributed by atoms with Crippen LogP contribution in [0.25, 0.3) is 0 Å². The Morgan fingerprint density at radius 3 is 2.40 bits per heavy atom. The molecule has 0 atom stereocenters. The summed E-state index contributed by atoms with van der Waals surface area (Å²) >= 11 is 0. The molecule has 0 radical (unpaired) electrons. The summed E-state index contributed by atoms with van der Waals surface area (Å²) in [5.74, 6) is -0.759. The molecule has 0 aliphatic rings. The number of carbonyl (C=O) groups is 1. The highest BCUT2D eigenvalue weighted by molar-refractivity contribution is 5.68. The van der Waals surface area contributed by atoms with Gasteiger partial charge in [-0.05, 0) is 49.1 Å². The Hall–Kier alpha value is -2.29. The van der Waals surface area contributed by atoms with Crippen LogP contribution in [0.1, 0.15) is 23.1 Å². The lowest BCUT2D eigenvalue weighted by atomic mass is 10.0. The molecule has 2 rings (SSSR count). The van der Waals surface area contributed by atoms with Crippen LogP contribution >= 0.6 is 0 Å². The molecule has 0 fully saturated rings. The van der Waals surface area contributed by atoms with Gasteiger partial charge in [-0.25, -0.2) is 0 Å². The number of aryl methyl sites for hydroxylation is 3. The van der Waals surface area contributed by atoms with Crippen LogP contribution < -0.4 is 5.32 Å². The molecule has 104 valence electrons. The minimum Gasteiger partial charge on any atom is -0.481 e. The zero-order chi connectivity index (χ0) is 14.5. The quantitative estimate of drug-likeness (QED) is 0.860. The maximum absolute atomic E-state index is 10.6. The first-order chi connectivity index (χ1) is 9.56. The first kappa shape index (κ1) is 14.1. The Morgan fingerprint density at radius 2 is 1.75 bits per heavy atom. The molecular weight excluding hydrogens is 250 g/mol. The molecule has 0 saturated carbocycles. The van der Waals surface area contributed by atoms with Crippen LogP contribution in [-0.4, -0.2) is 11.1 Å². The second kappa shape index (κ2) is 6.24. The molecule has 0 aliphatic heterocycles. The van der Waals surface area contributed by atoms with Gasteiger partial charge in [0.25, 0.3) is 0 Å². The van der Waals surface area contributed by atoms with Crippen LogP contribution in [0.2, 0.25) is 0 Å². The number of carboxylic acids is 1. The molecule has 0 saturated heterocycles. The number of aliphatic carboxylic acids is 1. The number of carboxylic acid groups (broad SMARTS) is 1. The molecule has 0 bridgehead atoms. The van der Waals surface area contributed by atoms with Crippen molar-refractivity contribution in [2.75, 3.05) is 5.32 Å². The monoisotopic (exact) mass is 269 g/mol. The molecule has 0 aliphatic carbocycles. The molecule has 20 heavy (non-hydrogen) atoms. The predicted molar refractivity (Wildman–Crippen MR) is 81.6 cm³/mol. The Balaban J connectivity index is 2.14. The van der Waals surface area contributed by atoms with E-state index in [1.807, 2.05) is 43.3 Å². The van der Waals surface area contributed by atoms with E-state index in [1.54, 1.807) is 0 Å². The van der Waals surface area contributed by atoms with Gasteiger partial charge in [0.1, 0.15) is 0 Å². The molecule has 0 heterocycles. The van der Waals surface area contributed by atoms with Crippen LogP contribution in [0.5, 0.6) is 0 Å². The minimum absolute atomic E-state index is 0.171. The third-order valence-electron chi connectivity index (χ3n) is 3.33. The van der Waals surface area contributed by atoms with Crippen LogP contribution in [0.4, 0.5) is 11.4 Å². The van der Waals surface area contributed by atoms with Gasteiger partial charge >= 0.3 is 5.97 Å². The van der Waals surface area contributed by atoms with E-state index in [9.17, 15) is 4.79 Å². The number of rotatable bonds is 5. The summed E-state index contributed by atoms with van der Waals surface area (Å²) in [5, 5.41) is 12.1. The van der Waals surface area contributed by atoms with Gasteiger partial charge in [-0.1, -0.05) is 30.3 Å². The van der Waals surface area contributed by atoms with Gasteiger partial charge < -0.3 is 10.4 Å². The third kappa shape index (κ3) is 3.60. The summed E-state index contributed by atoms with van der Waals surface area (Å²) in [4.78, 5) is 10.6. The number of hydrogen-bond donors (Lipinski definition) is 2. The Morgan fingerprint density at radius 1 is 1.05 bits per heavy atom. The Kier molecular flexibility index (Phi) is 4.41. The zero-order valence-electron chi connectivity index (χ0n) is 11.8. The largest absolute Gasteiger partial charge is 0.481 e. The maximum atomic E-state index is 10.6. The fraction of sp³-hybridized carbons (Fsp3) is 0.235. The van der Waals surface area contributed by atoms with Crippen molar-refractivity contribution >= 4 is 17.3 Å². The van der Waals surface area contributed by atoms with Crippen molar-refractivity contribution in [1.29, 1.82) is 0 Å². The van der Waals surface area contributed by atoms with E-state index >= 15 is 0 Å². The van der Waals surface area contributed by atoms with Crippen LogP contribution in [0.3, 0.4) is 0 Å². The Labute approximate surface area is 119 Å². The van der Waals surface area contributed by atoms with Crippen molar-refractivity contribution < 1.29 is 9.90 Å². The smallest absolute Gasteiger partial charge is 0.303 e. The van der Waals surface area contributed by atoms with E-state index < -0.39 is 5.97 Å². The molecule has 3 heteroatoms. The lowest BCUT2D eigenvalue weighted by Crippen LogP contribution is -1.99. The average molecular weight is 269 g/mol. The molecule has 0 spiro atoms. The summed E-state index contributed by atoms with van der Waals surface area (Å²) in [5.41, 5.74) is 5.52. The van der Waals surface area contributed by atoms with Crippen LogP contribution in [-0.2, 0) is 11.2 Å². The van der Waals surface area contributed by atoms with Gasteiger partial charge in [-0.15, -0.1) is 0 Å². The Bertz CT molecular complexity index is 620. The predicted octanol–water partition coefficient (Wildman–Crippen LogP) is 4.06. The van der Waals surface area contributed by atoms with Crippen molar-refractivity contribution in [3.63, 3.8) is 0 Å². The summed E-state index contributed by atoms with van der Waals surface area (Å²) in [6, 6.07) is 14.2. The van der Waals surface area contributed by atoms with Crippen molar-refractivity contribution in [2.45, 2.75) is 26.7 Å². The van der Waals surface area contributed by atoms with E-state index in [4.69, 9.17) is 5.11 Å². The SMILES string of the molecule is Cc1ccccc1Nc1ccc(CCC(=O)O)cc1C. The molecule has 3 nitrogen and oxygen atoms in total. The summed E-state index contributed by atoms with van der Waals surface area (Å²) in [6.07, 6.45) is 0.741. The van der Waals surface area contributed by atoms with Crippen molar-refractivity contribution in [3.8, 4) is 0 Å². The van der Waals surface area contributed by atoms with Gasteiger partial charge in [0, 0.05) is 17.8 Å². The van der Waals surface area contributed by atoms with E-state index in [2.05, 4.69) is 18.3 Å². The van der Waals surface area contributed by atoms with Crippen LogP contribution in [0, 0.1) is 13.8 Å². The molecule has 2 N–H and O–H groups in total. The summed E-state index contributed by atoms with van der Waals surface area (Å²) in [7, 11) is 0. The van der Waals surface area contributed by atoms with Crippen molar-refractivity contribution in [2.24, 2.45) is 0 Å². The average Bonchev–Trinajstić information content (AvgIpc) is 2.41. The minimum atomic E-state index is -0.759. The van der Waals surface area contributed by atoms with Crippen molar-refractivity contribution in [3.05, 3.63) is 59.2 Å². The van der Waals surface area contributed by atoms with E-state index in [0.717, 1.165) is 22.5 Å². The number of hydrogen-bond acceptors (Lipinski definition) is 2. The zero-order valence-corrected chi connectivity index (χ0v) is 11.8. The first-order valence-corrected chi connectivity index (χ1v) is 6.70. The molecule has 0 unspecified atom stereocenters. The fourth-order valence-corrected chi connectivity index (χ4v) is 2.13. The molecular formula is C17H19NO2. The highest BCUT2D eigenvalue weighted by atomic mass is 16.4. The lowest BCUT2D eigenvalue weighted by molar-refractivity contribution is -0.136. The molecule has 0 aromatic heterocycles. The number of benzene rings is 2. The van der Waals surface area contributed by atoms with Gasteiger partial charge in [-0.2, -0.15) is 0 Å². The first-order valence-electron chi connectivity index (χ1n) is 6.70. The fourth-order valence-electron chi connectivity index (χ4n) is 2.13.